The molecule has 2 aromatic rings. The Labute approximate surface area is 92.6 Å². The van der Waals surface area contributed by atoms with Gasteiger partial charge in [0, 0.05) is 5.56 Å². The molecule has 0 amide bonds. The van der Waals surface area contributed by atoms with E-state index in [0.29, 0.717) is 9.21 Å². The fourth-order valence-electron chi connectivity index (χ4n) is 1.05. The highest BCUT2D eigenvalue weighted by atomic mass is 35.5. The minimum absolute atomic E-state index is 0.0651. The number of thiazole rings is 1. The van der Waals surface area contributed by atoms with Crippen LogP contribution < -0.4 is 0 Å². The monoisotopic (exact) mass is 245 g/mol. The predicted octanol–water partition coefficient (Wildman–Crippen LogP) is 3.22. The maximum absolute atomic E-state index is 10.8. The van der Waals surface area contributed by atoms with E-state index in [1.54, 1.807) is 6.07 Å². The minimum atomic E-state index is -1.02. The molecule has 72 valence electrons. The van der Waals surface area contributed by atoms with Crippen molar-refractivity contribution >= 4 is 40.2 Å². The number of carbonyl (C=O) groups is 1. The van der Waals surface area contributed by atoms with Crippen molar-refractivity contribution in [2.24, 2.45) is 0 Å². The van der Waals surface area contributed by atoms with Crippen LogP contribution in [0.2, 0.25) is 4.34 Å². The Balaban J connectivity index is 2.57. The van der Waals surface area contributed by atoms with E-state index in [0.717, 1.165) is 5.56 Å². The molecule has 0 fully saturated rings. The third kappa shape index (κ3) is 1.54. The Hall–Kier alpha value is -0.910. The average molecular weight is 246 g/mol. The topological polar surface area (TPSA) is 50.2 Å². The van der Waals surface area contributed by atoms with E-state index >= 15 is 0 Å². The largest absolute Gasteiger partial charge is 0.476 e. The molecule has 0 spiro atoms. The Kier molecular flexibility index (Phi) is 2.54. The normalized spacial score (nSPS) is 10.4. The van der Waals surface area contributed by atoms with Gasteiger partial charge < -0.3 is 5.11 Å². The van der Waals surface area contributed by atoms with Gasteiger partial charge in [-0.05, 0) is 11.4 Å². The van der Waals surface area contributed by atoms with Crippen LogP contribution in [0.25, 0.3) is 10.4 Å². The molecule has 0 saturated heterocycles. The summed E-state index contributed by atoms with van der Waals surface area (Å²) < 4.78 is 0.594. The minimum Gasteiger partial charge on any atom is -0.476 e. The van der Waals surface area contributed by atoms with Gasteiger partial charge in [-0.1, -0.05) is 11.6 Å². The van der Waals surface area contributed by atoms with E-state index in [2.05, 4.69) is 4.98 Å². The fraction of sp³-hybridized carbons (Fsp3) is 0. The second-order valence-corrected chi connectivity index (χ2v) is 4.82. The summed E-state index contributed by atoms with van der Waals surface area (Å²) in [4.78, 5) is 15.2. The summed E-state index contributed by atoms with van der Waals surface area (Å²) in [6.07, 6.45) is 0. The van der Waals surface area contributed by atoms with Gasteiger partial charge in [0.05, 0.1) is 10.4 Å². The standard InChI is InChI=1S/C8H4ClNO2S2/c9-7-4(1-2-13-7)6-5(8(11)12)10-3-14-6/h1-3H,(H,11,12). The lowest BCUT2D eigenvalue weighted by Gasteiger charge is -1.95. The average Bonchev–Trinajstić information content (AvgIpc) is 2.70. The number of aromatic nitrogens is 1. The number of aromatic carboxylic acids is 1. The second kappa shape index (κ2) is 3.68. The van der Waals surface area contributed by atoms with E-state index in [1.165, 1.54) is 28.2 Å². The molecule has 2 rings (SSSR count). The van der Waals surface area contributed by atoms with E-state index in [9.17, 15) is 4.79 Å². The zero-order chi connectivity index (χ0) is 10.1. The lowest BCUT2D eigenvalue weighted by atomic mass is 10.2. The number of hydrogen-bond donors (Lipinski definition) is 1. The number of rotatable bonds is 2. The summed E-state index contributed by atoms with van der Waals surface area (Å²) in [6.45, 7) is 0. The summed E-state index contributed by atoms with van der Waals surface area (Å²) >= 11 is 8.57. The molecule has 0 unspecified atom stereocenters. The highest BCUT2D eigenvalue weighted by Gasteiger charge is 2.17. The second-order valence-electron chi connectivity index (χ2n) is 2.44. The predicted molar refractivity (Wildman–Crippen MR) is 57.4 cm³/mol. The molecule has 2 aromatic heterocycles. The van der Waals surface area contributed by atoms with Gasteiger partial charge in [-0.3, -0.25) is 0 Å². The van der Waals surface area contributed by atoms with Crippen LogP contribution in [0.3, 0.4) is 0 Å². The molecule has 0 aliphatic carbocycles. The zero-order valence-corrected chi connectivity index (χ0v) is 9.12. The van der Waals surface area contributed by atoms with Crippen molar-refractivity contribution < 1.29 is 9.90 Å². The van der Waals surface area contributed by atoms with Crippen molar-refractivity contribution in [2.45, 2.75) is 0 Å². The van der Waals surface area contributed by atoms with Gasteiger partial charge in [0.2, 0.25) is 0 Å². The molecule has 0 aliphatic rings. The lowest BCUT2D eigenvalue weighted by Crippen LogP contribution is -1.97. The number of thiophene rings is 1. The van der Waals surface area contributed by atoms with Gasteiger partial charge in [0.25, 0.3) is 0 Å². The molecule has 0 atom stereocenters. The summed E-state index contributed by atoms with van der Waals surface area (Å²) in [5.41, 5.74) is 2.32. The number of carboxylic acid groups (broad SMARTS) is 1. The summed E-state index contributed by atoms with van der Waals surface area (Å²) in [7, 11) is 0. The number of halogens is 1. The molecular formula is C8H4ClNO2S2. The van der Waals surface area contributed by atoms with Crippen LogP contribution in [-0.4, -0.2) is 16.1 Å². The summed E-state index contributed by atoms with van der Waals surface area (Å²) in [5.74, 6) is -1.02. The van der Waals surface area contributed by atoms with Crippen molar-refractivity contribution in [3.8, 4) is 10.4 Å². The first-order chi connectivity index (χ1) is 6.70. The Bertz CT molecular complexity index is 477. The Morgan fingerprint density at radius 2 is 2.29 bits per heavy atom. The molecule has 0 bridgehead atoms. The van der Waals surface area contributed by atoms with Crippen molar-refractivity contribution in [2.75, 3.05) is 0 Å². The number of hydrogen-bond acceptors (Lipinski definition) is 4. The smallest absolute Gasteiger partial charge is 0.356 e. The van der Waals surface area contributed by atoms with Crippen LogP contribution in [0, 0.1) is 0 Å². The third-order valence-corrected chi connectivity index (χ3v) is 3.66. The summed E-state index contributed by atoms with van der Waals surface area (Å²) in [6, 6.07) is 1.80. The fourth-order valence-corrected chi connectivity index (χ4v) is 2.91. The van der Waals surface area contributed by atoms with Gasteiger partial charge in [0.15, 0.2) is 5.69 Å². The van der Waals surface area contributed by atoms with Crippen LogP contribution in [-0.2, 0) is 0 Å². The Morgan fingerprint density at radius 3 is 2.86 bits per heavy atom. The maximum atomic E-state index is 10.8. The summed E-state index contributed by atoms with van der Waals surface area (Å²) in [5, 5.41) is 10.7. The van der Waals surface area contributed by atoms with Crippen LogP contribution in [0.4, 0.5) is 0 Å². The Morgan fingerprint density at radius 1 is 1.50 bits per heavy atom. The van der Waals surface area contributed by atoms with Crippen molar-refractivity contribution in [3.05, 3.63) is 27.0 Å². The van der Waals surface area contributed by atoms with E-state index in [-0.39, 0.29) is 5.69 Å². The van der Waals surface area contributed by atoms with Crippen LogP contribution in [0.15, 0.2) is 17.0 Å². The van der Waals surface area contributed by atoms with Crippen LogP contribution in [0.1, 0.15) is 10.5 Å². The SMILES string of the molecule is O=C(O)c1ncsc1-c1ccsc1Cl. The molecule has 0 aliphatic heterocycles. The highest BCUT2D eigenvalue weighted by Crippen LogP contribution is 2.36. The molecule has 0 saturated carbocycles. The highest BCUT2D eigenvalue weighted by molar-refractivity contribution is 7.17. The van der Waals surface area contributed by atoms with Gasteiger partial charge >= 0.3 is 5.97 Å². The number of nitrogens with zero attached hydrogens (tertiary/aromatic N) is 1. The molecule has 1 N–H and O–H groups in total. The van der Waals surface area contributed by atoms with Crippen LogP contribution >= 0.6 is 34.3 Å². The molecule has 0 radical (unpaired) electrons. The van der Waals surface area contributed by atoms with Gasteiger partial charge in [-0.15, -0.1) is 22.7 Å². The van der Waals surface area contributed by atoms with E-state index < -0.39 is 5.97 Å². The van der Waals surface area contributed by atoms with Crippen molar-refractivity contribution in [1.29, 1.82) is 0 Å². The first-order valence-corrected chi connectivity index (χ1v) is 5.74. The lowest BCUT2D eigenvalue weighted by molar-refractivity contribution is 0.0692. The first-order valence-electron chi connectivity index (χ1n) is 3.60. The third-order valence-electron chi connectivity index (χ3n) is 1.63. The van der Waals surface area contributed by atoms with Crippen molar-refractivity contribution in [1.82, 2.24) is 4.98 Å². The number of carboxylic acids is 1. The van der Waals surface area contributed by atoms with Gasteiger partial charge in [-0.2, -0.15) is 0 Å². The molecule has 3 nitrogen and oxygen atoms in total. The zero-order valence-electron chi connectivity index (χ0n) is 6.73. The van der Waals surface area contributed by atoms with Crippen LogP contribution in [0.5, 0.6) is 0 Å². The maximum Gasteiger partial charge on any atom is 0.356 e. The molecule has 0 aromatic carbocycles. The molecular weight excluding hydrogens is 242 g/mol. The van der Waals surface area contributed by atoms with Crippen molar-refractivity contribution in [3.63, 3.8) is 0 Å². The van der Waals surface area contributed by atoms with Gasteiger partial charge in [-0.25, -0.2) is 9.78 Å². The molecule has 6 heteroatoms. The molecule has 2 heterocycles. The molecule has 14 heavy (non-hydrogen) atoms. The first kappa shape index (κ1) is 9.64. The van der Waals surface area contributed by atoms with Gasteiger partial charge in [0.1, 0.15) is 4.34 Å². The van der Waals surface area contributed by atoms with E-state index in [1.807, 2.05) is 5.38 Å². The quantitative estimate of drug-likeness (QED) is 0.884. The van der Waals surface area contributed by atoms with E-state index in [4.69, 9.17) is 16.7 Å².